The van der Waals surface area contributed by atoms with Crippen LogP contribution < -0.4 is 16.6 Å². The maximum absolute atomic E-state index is 12.0. The molecule has 0 saturated carbocycles. The number of hydrogen-bond donors (Lipinski definition) is 3. The van der Waals surface area contributed by atoms with Crippen molar-refractivity contribution in [2.24, 2.45) is 5.84 Å². The summed E-state index contributed by atoms with van der Waals surface area (Å²) >= 11 is 0. The van der Waals surface area contributed by atoms with Crippen molar-refractivity contribution >= 4 is 11.6 Å². The maximum Gasteiger partial charge on any atom is 0.255 e. The second kappa shape index (κ2) is 5.92. The van der Waals surface area contributed by atoms with E-state index >= 15 is 0 Å². The molecule has 0 bridgehead atoms. The summed E-state index contributed by atoms with van der Waals surface area (Å²) < 4.78 is 0. The van der Waals surface area contributed by atoms with Crippen LogP contribution >= 0.6 is 0 Å². The zero-order valence-electron chi connectivity index (χ0n) is 10.6. The first-order chi connectivity index (χ1) is 9.22. The van der Waals surface area contributed by atoms with Gasteiger partial charge in [0.05, 0.1) is 11.3 Å². The largest absolute Gasteiger partial charge is 0.348 e. The highest BCUT2D eigenvalue weighted by atomic mass is 16.1. The second-order valence-electron chi connectivity index (χ2n) is 4.05. The van der Waals surface area contributed by atoms with E-state index in [1.165, 1.54) is 6.20 Å². The van der Waals surface area contributed by atoms with Crippen molar-refractivity contribution in [2.45, 2.75) is 13.5 Å². The van der Waals surface area contributed by atoms with Gasteiger partial charge in [0.1, 0.15) is 0 Å². The van der Waals surface area contributed by atoms with Gasteiger partial charge < -0.3 is 10.7 Å². The predicted molar refractivity (Wildman–Crippen MR) is 72.2 cm³/mol. The Morgan fingerprint density at radius 3 is 2.74 bits per heavy atom. The number of aromatic nitrogens is 2. The van der Waals surface area contributed by atoms with Crippen molar-refractivity contribution in [1.29, 1.82) is 0 Å². The number of nitrogens with one attached hydrogen (secondary N) is 2. The van der Waals surface area contributed by atoms with Crippen LogP contribution in [0.4, 0.5) is 5.69 Å². The molecule has 0 aliphatic heterocycles. The molecule has 0 fully saturated rings. The number of nitrogens with two attached hydrogens (primary N) is 1. The Morgan fingerprint density at radius 2 is 2.00 bits per heavy atom. The van der Waals surface area contributed by atoms with Gasteiger partial charge in [-0.05, 0) is 30.2 Å². The summed E-state index contributed by atoms with van der Waals surface area (Å²) in [5, 5.41) is 2.83. The van der Waals surface area contributed by atoms with E-state index in [2.05, 4.69) is 20.7 Å². The molecule has 0 aliphatic rings. The first-order valence-electron chi connectivity index (χ1n) is 5.80. The monoisotopic (exact) mass is 257 g/mol. The van der Waals surface area contributed by atoms with Crippen molar-refractivity contribution in [3.05, 3.63) is 53.6 Å². The van der Waals surface area contributed by atoms with Crippen LogP contribution in [0.2, 0.25) is 0 Å². The first kappa shape index (κ1) is 13.0. The Hall–Kier alpha value is -2.47. The zero-order chi connectivity index (χ0) is 13.7. The molecular formula is C13H15N5O. The topological polar surface area (TPSA) is 92.9 Å². The summed E-state index contributed by atoms with van der Waals surface area (Å²) in [6.07, 6.45) is 6.51. The van der Waals surface area contributed by atoms with E-state index in [9.17, 15) is 4.79 Å². The third-order valence-corrected chi connectivity index (χ3v) is 2.80. The van der Waals surface area contributed by atoms with Gasteiger partial charge in [0.15, 0.2) is 0 Å². The highest BCUT2D eigenvalue weighted by Gasteiger charge is 2.10. The molecule has 4 N–H and O–H groups in total. The van der Waals surface area contributed by atoms with Crippen LogP contribution in [-0.4, -0.2) is 15.9 Å². The Labute approximate surface area is 111 Å². The second-order valence-corrected chi connectivity index (χ2v) is 4.05. The molecule has 6 nitrogen and oxygen atoms in total. The van der Waals surface area contributed by atoms with Crippen molar-refractivity contribution in [3.63, 3.8) is 0 Å². The first-order valence-corrected chi connectivity index (χ1v) is 5.80. The highest BCUT2D eigenvalue weighted by molar-refractivity contribution is 5.99. The van der Waals surface area contributed by atoms with E-state index in [1.807, 2.05) is 13.0 Å². The summed E-state index contributed by atoms with van der Waals surface area (Å²) in [4.78, 5) is 20.0. The third-order valence-electron chi connectivity index (χ3n) is 2.80. The fraction of sp³-hybridized carbons (Fsp3) is 0.154. The molecule has 0 unspecified atom stereocenters. The van der Waals surface area contributed by atoms with E-state index in [0.717, 1.165) is 11.1 Å². The normalized spacial score (nSPS) is 10.0. The minimum absolute atomic E-state index is 0.225. The smallest absolute Gasteiger partial charge is 0.255 e. The van der Waals surface area contributed by atoms with Gasteiger partial charge in [-0.15, -0.1) is 0 Å². The van der Waals surface area contributed by atoms with E-state index in [4.69, 9.17) is 5.84 Å². The van der Waals surface area contributed by atoms with Crippen molar-refractivity contribution < 1.29 is 4.79 Å². The minimum Gasteiger partial charge on any atom is -0.348 e. The number of aryl methyl sites for hydroxylation is 1. The summed E-state index contributed by atoms with van der Waals surface area (Å²) in [6, 6.07) is 3.52. The molecule has 0 atom stereocenters. The zero-order valence-corrected chi connectivity index (χ0v) is 10.6. The Morgan fingerprint density at radius 1 is 1.26 bits per heavy atom. The standard InChI is InChI=1S/C13H15N5O/c1-9-6-15-4-2-10(9)7-17-13(19)11-8-16-5-3-12(11)18-14/h2-6,8H,7,14H2,1H3,(H,16,18)(H,17,19). The average Bonchev–Trinajstić information content (AvgIpc) is 2.46. The maximum atomic E-state index is 12.0. The number of carbonyl (C=O) groups is 1. The molecule has 0 aliphatic carbocycles. The lowest BCUT2D eigenvalue weighted by Gasteiger charge is -2.10. The Balaban J connectivity index is 2.08. The molecular weight excluding hydrogens is 242 g/mol. The Kier molecular flexibility index (Phi) is 4.04. The fourth-order valence-corrected chi connectivity index (χ4v) is 1.67. The van der Waals surface area contributed by atoms with E-state index in [1.54, 1.807) is 24.7 Å². The fourth-order valence-electron chi connectivity index (χ4n) is 1.67. The van der Waals surface area contributed by atoms with Crippen LogP contribution in [0.25, 0.3) is 0 Å². The van der Waals surface area contributed by atoms with Crippen LogP contribution in [0, 0.1) is 6.92 Å². The molecule has 6 heteroatoms. The molecule has 2 rings (SSSR count). The molecule has 0 aromatic carbocycles. The number of amides is 1. The van der Waals surface area contributed by atoms with Gasteiger partial charge in [0, 0.05) is 31.3 Å². The number of carbonyl (C=O) groups excluding carboxylic acids is 1. The summed E-state index contributed by atoms with van der Waals surface area (Å²) in [7, 11) is 0. The number of nitrogen functional groups attached to an aromatic ring is 1. The molecule has 0 radical (unpaired) electrons. The summed E-state index contributed by atoms with van der Waals surface area (Å²) in [6.45, 7) is 2.39. The van der Waals surface area contributed by atoms with Gasteiger partial charge in [-0.2, -0.15) is 0 Å². The molecule has 0 spiro atoms. The lowest BCUT2D eigenvalue weighted by Crippen LogP contribution is -2.25. The van der Waals surface area contributed by atoms with Gasteiger partial charge in [0.2, 0.25) is 0 Å². The van der Waals surface area contributed by atoms with E-state index < -0.39 is 0 Å². The minimum atomic E-state index is -0.225. The van der Waals surface area contributed by atoms with E-state index in [0.29, 0.717) is 17.8 Å². The van der Waals surface area contributed by atoms with Gasteiger partial charge >= 0.3 is 0 Å². The van der Waals surface area contributed by atoms with Crippen molar-refractivity contribution in [2.75, 3.05) is 5.43 Å². The predicted octanol–water partition coefficient (Wildman–Crippen LogP) is 1.00. The van der Waals surface area contributed by atoms with Crippen LogP contribution in [0.5, 0.6) is 0 Å². The number of hydrogen-bond acceptors (Lipinski definition) is 5. The number of rotatable bonds is 4. The number of nitrogens with zero attached hydrogens (tertiary/aromatic N) is 2. The average molecular weight is 257 g/mol. The van der Waals surface area contributed by atoms with Crippen LogP contribution in [0.3, 0.4) is 0 Å². The van der Waals surface area contributed by atoms with Crippen molar-refractivity contribution in [3.8, 4) is 0 Å². The molecule has 19 heavy (non-hydrogen) atoms. The van der Waals surface area contributed by atoms with Gasteiger partial charge in [-0.25, -0.2) is 0 Å². The summed E-state index contributed by atoms with van der Waals surface area (Å²) in [5.41, 5.74) is 5.49. The number of hydrazine groups is 1. The molecule has 2 aromatic rings. The lowest BCUT2D eigenvalue weighted by molar-refractivity contribution is 0.0951. The SMILES string of the molecule is Cc1cnccc1CNC(=O)c1cnccc1NN. The molecule has 2 aromatic heterocycles. The molecule has 98 valence electrons. The van der Waals surface area contributed by atoms with Gasteiger partial charge in [0.25, 0.3) is 5.91 Å². The quantitative estimate of drug-likeness (QED) is 0.561. The summed E-state index contributed by atoms with van der Waals surface area (Å²) in [5.74, 6) is 5.13. The highest BCUT2D eigenvalue weighted by Crippen LogP contribution is 2.12. The Bertz CT molecular complexity index is 585. The number of anilines is 1. The molecule has 0 saturated heterocycles. The van der Waals surface area contributed by atoms with Gasteiger partial charge in [-0.3, -0.25) is 20.6 Å². The van der Waals surface area contributed by atoms with Crippen LogP contribution in [0.1, 0.15) is 21.5 Å². The molecule has 2 heterocycles. The van der Waals surface area contributed by atoms with Crippen molar-refractivity contribution in [1.82, 2.24) is 15.3 Å². The molecule has 1 amide bonds. The number of pyridine rings is 2. The van der Waals surface area contributed by atoms with Crippen LogP contribution in [-0.2, 0) is 6.54 Å². The van der Waals surface area contributed by atoms with E-state index in [-0.39, 0.29) is 5.91 Å². The lowest BCUT2D eigenvalue weighted by atomic mass is 10.1. The van der Waals surface area contributed by atoms with Gasteiger partial charge in [-0.1, -0.05) is 0 Å². The third kappa shape index (κ3) is 3.05. The van der Waals surface area contributed by atoms with Crippen LogP contribution in [0.15, 0.2) is 36.9 Å².